The van der Waals surface area contributed by atoms with Crippen LogP contribution in [0.5, 0.6) is 0 Å². The van der Waals surface area contributed by atoms with Crippen LogP contribution in [0.15, 0.2) is 54.1 Å². The van der Waals surface area contributed by atoms with Crippen molar-refractivity contribution in [3.63, 3.8) is 0 Å². The normalized spacial score (nSPS) is 12.0. The summed E-state index contributed by atoms with van der Waals surface area (Å²) in [6.07, 6.45) is 0. The number of esters is 1. The van der Waals surface area contributed by atoms with Crippen molar-refractivity contribution in [1.82, 2.24) is 0 Å². The lowest BCUT2D eigenvalue weighted by Crippen LogP contribution is -2.29. The lowest BCUT2D eigenvalue weighted by molar-refractivity contribution is -0.150. The van der Waals surface area contributed by atoms with Crippen LogP contribution in [0, 0.1) is 5.82 Å². The van der Waals surface area contributed by atoms with Gasteiger partial charge in [0, 0.05) is 11.5 Å². The summed E-state index contributed by atoms with van der Waals surface area (Å²) in [6, 6.07) is 13.5. The van der Waals surface area contributed by atoms with E-state index in [1.807, 2.05) is 18.2 Å². The average Bonchev–Trinajstić information content (AvgIpc) is 2.60. The van der Waals surface area contributed by atoms with Crippen LogP contribution in [0.2, 0.25) is 0 Å². The van der Waals surface area contributed by atoms with Gasteiger partial charge in [-0.1, -0.05) is 49.4 Å². The number of benzene rings is 2. The Balaban J connectivity index is 2.27. The molecule has 0 aliphatic carbocycles. The number of ketones is 1. The molecule has 0 saturated heterocycles. The van der Waals surface area contributed by atoms with Crippen molar-refractivity contribution >= 4 is 17.6 Å². The van der Waals surface area contributed by atoms with Crippen LogP contribution in [0.25, 0.3) is 16.5 Å². The molecule has 27 heavy (non-hydrogen) atoms. The molecule has 4 nitrogen and oxygen atoms in total. The van der Waals surface area contributed by atoms with Crippen molar-refractivity contribution in [3.8, 4) is 11.1 Å². The fourth-order valence-corrected chi connectivity index (χ4v) is 2.55. The van der Waals surface area contributed by atoms with Crippen LogP contribution in [0.3, 0.4) is 0 Å². The van der Waals surface area contributed by atoms with E-state index in [0.717, 1.165) is 5.56 Å². The summed E-state index contributed by atoms with van der Waals surface area (Å²) in [6.45, 7) is 6.46. The zero-order valence-corrected chi connectivity index (χ0v) is 15.7. The molecule has 0 aromatic heterocycles. The third-order valence-electron chi connectivity index (χ3n) is 3.93. The van der Waals surface area contributed by atoms with Crippen LogP contribution in [-0.4, -0.2) is 23.2 Å². The molecule has 0 bridgehead atoms. The molecule has 0 heterocycles. The van der Waals surface area contributed by atoms with Gasteiger partial charge in [0.2, 0.25) is 0 Å². The number of rotatable bonds is 5. The Morgan fingerprint density at radius 1 is 1.11 bits per heavy atom. The maximum absolute atomic E-state index is 14.5. The number of Topliss-reactive ketones (excluding diaryl/α,β-unsaturated/α-hetero) is 1. The fraction of sp³-hybridized carbons (Fsp3) is 0.273. The van der Waals surface area contributed by atoms with Crippen molar-refractivity contribution in [1.29, 1.82) is 0 Å². The molecule has 0 aliphatic rings. The van der Waals surface area contributed by atoms with Crippen molar-refractivity contribution in [2.24, 2.45) is 0 Å². The predicted molar refractivity (Wildman–Crippen MR) is 103 cm³/mol. The van der Waals surface area contributed by atoms with Crippen molar-refractivity contribution in [3.05, 3.63) is 70.9 Å². The molecule has 0 amide bonds. The van der Waals surface area contributed by atoms with E-state index in [-0.39, 0.29) is 0 Å². The van der Waals surface area contributed by atoms with E-state index in [9.17, 15) is 19.4 Å². The van der Waals surface area contributed by atoms with E-state index in [1.165, 1.54) is 13.0 Å². The first-order valence-corrected chi connectivity index (χ1v) is 8.53. The van der Waals surface area contributed by atoms with E-state index in [0.29, 0.717) is 11.1 Å². The van der Waals surface area contributed by atoms with Gasteiger partial charge in [-0.25, -0.2) is 9.18 Å². The number of nitrogens with zero attached hydrogens (tertiary/aromatic N) is 1. The third kappa shape index (κ3) is 4.99. The van der Waals surface area contributed by atoms with Crippen molar-refractivity contribution < 1.29 is 18.7 Å². The summed E-state index contributed by atoms with van der Waals surface area (Å²) >= 11 is 0. The number of carbonyl (C=O) groups excluding carboxylic acids is 2. The van der Waals surface area contributed by atoms with E-state index >= 15 is 0 Å². The molecule has 2 rings (SSSR count). The van der Waals surface area contributed by atoms with Crippen LogP contribution < -0.4 is 0 Å². The molecule has 1 atom stereocenters. The Labute approximate surface area is 158 Å². The third-order valence-corrected chi connectivity index (χ3v) is 3.93. The quantitative estimate of drug-likeness (QED) is 0.254. The zero-order chi connectivity index (χ0) is 20.2. The molecule has 0 unspecified atom stereocenters. The highest BCUT2D eigenvalue weighted by atomic mass is 19.1. The van der Waals surface area contributed by atoms with Crippen LogP contribution in [0.1, 0.15) is 39.2 Å². The first-order chi connectivity index (χ1) is 12.6. The van der Waals surface area contributed by atoms with Gasteiger partial charge in [0.1, 0.15) is 17.0 Å². The Bertz CT molecular complexity index is 907. The second-order valence-electron chi connectivity index (χ2n) is 7.18. The molecular weight excluding hydrogens is 345 g/mol. The lowest BCUT2D eigenvalue weighted by Gasteiger charge is -2.21. The summed E-state index contributed by atoms with van der Waals surface area (Å²) in [5.74, 6) is -1.37. The maximum atomic E-state index is 14.5. The summed E-state index contributed by atoms with van der Waals surface area (Å²) in [5.41, 5.74) is 0.0965. The van der Waals surface area contributed by atoms with E-state index in [1.54, 1.807) is 50.9 Å². The maximum Gasteiger partial charge on any atom is 0.348 e. The summed E-state index contributed by atoms with van der Waals surface area (Å²) in [7, 11) is 0. The van der Waals surface area contributed by atoms with Gasteiger partial charge in [0.05, 0.1) is 0 Å². The first-order valence-electron chi connectivity index (χ1n) is 8.53. The van der Waals surface area contributed by atoms with E-state index in [2.05, 4.69) is 0 Å². The average molecular weight is 366 g/mol. The van der Waals surface area contributed by atoms with Gasteiger partial charge in [-0.05, 0) is 38.0 Å². The molecule has 0 saturated carbocycles. The summed E-state index contributed by atoms with van der Waals surface area (Å²) in [4.78, 5) is 24.7. The minimum atomic E-state index is -0.969. The highest BCUT2D eigenvalue weighted by Crippen LogP contribution is 2.27. The topological polar surface area (TPSA) is 65.7 Å². The Kier molecular flexibility index (Phi) is 6.09. The van der Waals surface area contributed by atoms with Crippen molar-refractivity contribution in [2.75, 3.05) is 0 Å². The summed E-state index contributed by atoms with van der Waals surface area (Å²) in [5, 5.41) is 9.22. The molecule has 5 heteroatoms. The molecule has 0 aliphatic heterocycles. The van der Waals surface area contributed by atoms with Crippen LogP contribution in [0.4, 0.5) is 4.39 Å². The highest BCUT2D eigenvalue weighted by Gasteiger charge is 2.28. The highest BCUT2D eigenvalue weighted by molar-refractivity contribution is 6.25. The fourth-order valence-electron chi connectivity index (χ4n) is 2.55. The minimum absolute atomic E-state index is 0.383. The minimum Gasteiger partial charge on any atom is -0.762 e. The second kappa shape index (κ2) is 8.11. The number of hydrogen-bond acceptors (Lipinski definition) is 3. The monoisotopic (exact) mass is 366 g/mol. The van der Waals surface area contributed by atoms with Gasteiger partial charge in [0.25, 0.3) is 0 Å². The van der Waals surface area contributed by atoms with Gasteiger partial charge in [-0.15, -0.1) is 0 Å². The first kappa shape index (κ1) is 20.3. The second-order valence-corrected chi connectivity index (χ2v) is 7.18. The number of halogens is 1. The lowest BCUT2D eigenvalue weighted by atomic mass is 9.91. The van der Waals surface area contributed by atoms with Gasteiger partial charge in [0.15, 0.2) is 5.78 Å². The smallest absolute Gasteiger partial charge is 0.348 e. The Hall–Kier alpha value is -3.04. The van der Waals surface area contributed by atoms with E-state index in [4.69, 9.17) is 4.74 Å². The van der Waals surface area contributed by atoms with Gasteiger partial charge in [-0.3, -0.25) is 10.7 Å². The predicted octanol–water partition coefficient (Wildman–Crippen LogP) is 4.67. The Morgan fingerprint density at radius 3 is 2.26 bits per heavy atom. The molecule has 0 radical (unpaired) electrons. The molecule has 0 fully saturated rings. The van der Waals surface area contributed by atoms with Crippen LogP contribution >= 0.6 is 0 Å². The SMILES string of the molecule is C[C@H](C(=O)C(=C=[N-])C(=O)OC(C)(C)C)c1ccc(-c2ccccc2)c(F)c1. The molecule has 0 spiro atoms. The van der Waals surface area contributed by atoms with Crippen LogP contribution in [-0.2, 0) is 14.3 Å². The van der Waals surface area contributed by atoms with E-state index < -0.39 is 34.7 Å². The van der Waals surface area contributed by atoms with Gasteiger partial charge >= 0.3 is 5.97 Å². The number of ether oxygens (including phenoxy) is 1. The molecular formula is C22H21FNO3-. The molecule has 2 aromatic rings. The van der Waals surface area contributed by atoms with Crippen molar-refractivity contribution in [2.45, 2.75) is 39.2 Å². The van der Waals surface area contributed by atoms with Gasteiger partial charge < -0.3 is 10.1 Å². The molecule has 0 N–H and O–H groups in total. The zero-order valence-electron chi connectivity index (χ0n) is 15.7. The van der Waals surface area contributed by atoms with Gasteiger partial charge in [-0.2, -0.15) is 0 Å². The summed E-state index contributed by atoms with van der Waals surface area (Å²) < 4.78 is 19.7. The standard InChI is InChI=1S/C22H21FNO3/c1-14(20(25)18(13-24)21(26)27-22(2,3)4)16-10-11-17(19(23)12-16)15-8-6-5-7-9-15/h5-12,14H,1-4H3/q-1/t14-/m0/s1. The molecule has 2 aromatic carbocycles. The Morgan fingerprint density at radius 2 is 1.74 bits per heavy atom. The number of carbonyl (C=O) groups is 2. The molecule has 140 valence electrons. The number of hydrogen-bond donors (Lipinski definition) is 0. The largest absolute Gasteiger partial charge is 0.762 e.